The highest BCUT2D eigenvalue weighted by atomic mass is 79.9. The molecule has 0 radical (unpaired) electrons. The number of hydrogen-bond donors (Lipinski definition) is 1. The Labute approximate surface area is 165 Å². The quantitative estimate of drug-likeness (QED) is 0.457. The molecule has 0 saturated carbocycles. The molecule has 2 heterocycles. The molecule has 5 nitrogen and oxygen atoms in total. The summed E-state index contributed by atoms with van der Waals surface area (Å²) in [5.74, 6) is -0.906. The third-order valence-electron chi connectivity index (χ3n) is 4.42. The van der Waals surface area contributed by atoms with Crippen LogP contribution in [0.4, 0.5) is 5.69 Å². The van der Waals surface area contributed by atoms with Crippen molar-refractivity contribution in [3.8, 4) is 0 Å². The predicted molar refractivity (Wildman–Crippen MR) is 110 cm³/mol. The van der Waals surface area contributed by atoms with Gasteiger partial charge in [-0.15, -0.1) is 0 Å². The maximum Gasteiger partial charge on any atom is 0.270 e. The molecular weight excluding hydrogens is 414 g/mol. The number of aromatic nitrogens is 1. The smallest absolute Gasteiger partial charge is 0.270 e. The molecular formula is C19H18BrN3O2S. The minimum atomic E-state index is -0.477. The molecule has 1 aromatic carbocycles. The van der Waals surface area contributed by atoms with E-state index in [1.165, 1.54) is 4.90 Å². The summed E-state index contributed by atoms with van der Waals surface area (Å²) in [6.45, 7) is 6.87. The number of nitrogens with zero attached hydrogens (tertiary/aromatic N) is 2. The average molecular weight is 432 g/mol. The Morgan fingerprint density at radius 2 is 1.85 bits per heavy atom. The van der Waals surface area contributed by atoms with E-state index in [0.717, 1.165) is 28.0 Å². The van der Waals surface area contributed by atoms with Gasteiger partial charge in [-0.2, -0.15) is 0 Å². The van der Waals surface area contributed by atoms with E-state index < -0.39 is 11.8 Å². The minimum absolute atomic E-state index is 0.0675. The van der Waals surface area contributed by atoms with Crippen molar-refractivity contribution in [3.05, 3.63) is 57.3 Å². The van der Waals surface area contributed by atoms with Gasteiger partial charge < -0.3 is 4.57 Å². The Morgan fingerprint density at radius 1 is 1.19 bits per heavy atom. The van der Waals surface area contributed by atoms with Crippen LogP contribution in [0.25, 0.3) is 6.08 Å². The average Bonchev–Trinajstić information content (AvgIpc) is 2.86. The van der Waals surface area contributed by atoms with E-state index in [-0.39, 0.29) is 10.7 Å². The Balaban J connectivity index is 2.04. The van der Waals surface area contributed by atoms with Gasteiger partial charge in [-0.1, -0.05) is 15.9 Å². The first-order valence-electron chi connectivity index (χ1n) is 8.17. The van der Waals surface area contributed by atoms with Crippen molar-refractivity contribution < 1.29 is 9.59 Å². The van der Waals surface area contributed by atoms with Crippen LogP contribution in [0.15, 0.2) is 40.4 Å². The van der Waals surface area contributed by atoms with Gasteiger partial charge in [-0.3, -0.25) is 19.8 Å². The van der Waals surface area contributed by atoms with Gasteiger partial charge in [-0.25, -0.2) is 0 Å². The first-order chi connectivity index (χ1) is 12.3. The molecule has 0 atom stereocenters. The molecule has 1 aliphatic rings. The van der Waals surface area contributed by atoms with Crippen LogP contribution in [0, 0.1) is 13.8 Å². The lowest BCUT2D eigenvalue weighted by atomic mass is 10.1. The van der Waals surface area contributed by atoms with Crippen molar-refractivity contribution in [1.82, 2.24) is 9.88 Å². The normalized spacial score (nSPS) is 16.4. The zero-order valence-corrected chi connectivity index (χ0v) is 17.1. The van der Waals surface area contributed by atoms with E-state index >= 15 is 0 Å². The summed E-state index contributed by atoms with van der Waals surface area (Å²) in [4.78, 5) is 26.7. The molecule has 0 spiro atoms. The molecule has 2 amide bonds. The Bertz CT molecular complexity index is 944. The molecule has 134 valence electrons. The highest BCUT2D eigenvalue weighted by molar-refractivity contribution is 9.10. The second kappa shape index (κ2) is 7.17. The Hall–Kier alpha value is -2.25. The van der Waals surface area contributed by atoms with Crippen LogP contribution < -0.4 is 10.2 Å². The van der Waals surface area contributed by atoms with Crippen LogP contribution in [-0.2, 0) is 16.1 Å². The summed E-state index contributed by atoms with van der Waals surface area (Å²) >= 11 is 8.58. The molecule has 1 N–H and O–H groups in total. The van der Waals surface area contributed by atoms with E-state index in [1.54, 1.807) is 18.2 Å². The zero-order valence-electron chi connectivity index (χ0n) is 14.7. The van der Waals surface area contributed by atoms with E-state index in [1.807, 2.05) is 32.0 Å². The Morgan fingerprint density at radius 3 is 2.42 bits per heavy atom. The first kappa shape index (κ1) is 18.5. The number of aryl methyl sites for hydroxylation is 1. The molecule has 2 aromatic rings. The fourth-order valence-corrected chi connectivity index (χ4v) is 3.64. The lowest BCUT2D eigenvalue weighted by Crippen LogP contribution is -2.54. The van der Waals surface area contributed by atoms with Gasteiger partial charge in [0, 0.05) is 22.4 Å². The zero-order chi connectivity index (χ0) is 19.0. The van der Waals surface area contributed by atoms with Crippen molar-refractivity contribution in [2.75, 3.05) is 4.90 Å². The standard InChI is InChI=1S/C19H18BrN3O2S/c1-4-22-11(2)9-13(12(22)3)10-16-17(24)21-19(26)23(18(16)25)15-7-5-14(20)6-8-15/h5-10H,4H2,1-3H3,(H,21,24,26)/b16-10+. The van der Waals surface area contributed by atoms with Crippen molar-refractivity contribution in [1.29, 1.82) is 0 Å². The lowest BCUT2D eigenvalue weighted by Gasteiger charge is -2.29. The fourth-order valence-electron chi connectivity index (χ4n) is 3.10. The van der Waals surface area contributed by atoms with E-state index in [0.29, 0.717) is 5.69 Å². The number of nitrogens with one attached hydrogen (secondary N) is 1. The Kier molecular flexibility index (Phi) is 5.11. The van der Waals surface area contributed by atoms with E-state index in [2.05, 4.69) is 32.7 Å². The van der Waals surface area contributed by atoms with Gasteiger partial charge in [0.05, 0.1) is 5.69 Å². The van der Waals surface area contributed by atoms with Crippen LogP contribution in [0.5, 0.6) is 0 Å². The highest BCUT2D eigenvalue weighted by Gasteiger charge is 2.34. The first-order valence-corrected chi connectivity index (χ1v) is 9.37. The number of hydrogen-bond acceptors (Lipinski definition) is 3. The second-order valence-corrected chi connectivity index (χ2v) is 7.31. The van der Waals surface area contributed by atoms with Crippen LogP contribution in [0.3, 0.4) is 0 Å². The predicted octanol–water partition coefficient (Wildman–Crippen LogP) is 3.72. The van der Waals surface area contributed by atoms with Gasteiger partial charge in [-0.05, 0) is 75.0 Å². The molecule has 1 fully saturated rings. The van der Waals surface area contributed by atoms with Crippen LogP contribution in [-0.4, -0.2) is 21.5 Å². The van der Waals surface area contributed by atoms with Gasteiger partial charge >= 0.3 is 0 Å². The molecule has 0 aliphatic carbocycles. The van der Waals surface area contributed by atoms with Crippen LogP contribution in [0.2, 0.25) is 0 Å². The molecule has 26 heavy (non-hydrogen) atoms. The lowest BCUT2D eigenvalue weighted by molar-refractivity contribution is -0.122. The maximum absolute atomic E-state index is 13.0. The van der Waals surface area contributed by atoms with Gasteiger partial charge in [0.15, 0.2) is 5.11 Å². The van der Waals surface area contributed by atoms with Crippen molar-refractivity contribution in [2.24, 2.45) is 0 Å². The number of carbonyl (C=O) groups is 2. The minimum Gasteiger partial charge on any atom is -0.349 e. The van der Waals surface area contributed by atoms with Gasteiger partial charge in [0.2, 0.25) is 0 Å². The molecule has 3 rings (SSSR count). The topological polar surface area (TPSA) is 54.3 Å². The second-order valence-electron chi connectivity index (χ2n) is 6.00. The van der Waals surface area contributed by atoms with Crippen molar-refractivity contribution in [3.63, 3.8) is 0 Å². The van der Waals surface area contributed by atoms with Crippen molar-refractivity contribution in [2.45, 2.75) is 27.3 Å². The monoisotopic (exact) mass is 431 g/mol. The number of thiocarbonyl (C=S) groups is 1. The summed E-state index contributed by atoms with van der Waals surface area (Å²) in [5.41, 5.74) is 3.62. The van der Waals surface area contributed by atoms with Crippen LogP contribution in [0.1, 0.15) is 23.9 Å². The molecule has 0 unspecified atom stereocenters. The molecule has 0 bridgehead atoms. The molecule has 1 saturated heterocycles. The van der Waals surface area contributed by atoms with Gasteiger partial charge in [0.1, 0.15) is 5.57 Å². The molecule has 1 aromatic heterocycles. The summed E-state index contributed by atoms with van der Waals surface area (Å²) in [6.07, 6.45) is 1.64. The number of amides is 2. The molecule has 7 heteroatoms. The third kappa shape index (κ3) is 3.24. The fraction of sp³-hybridized carbons (Fsp3) is 0.211. The number of halogens is 1. The maximum atomic E-state index is 13.0. The SMILES string of the molecule is CCn1c(C)cc(/C=C2\C(=O)NC(=S)N(c3ccc(Br)cc3)C2=O)c1C. The van der Waals surface area contributed by atoms with Crippen LogP contribution >= 0.6 is 28.1 Å². The highest BCUT2D eigenvalue weighted by Crippen LogP contribution is 2.25. The number of rotatable bonds is 3. The third-order valence-corrected chi connectivity index (χ3v) is 5.23. The number of anilines is 1. The summed E-state index contributed by atoms with van der Waals surface area (Å²) in [7, 11) is 0. The summed E-state index contributed by atoms with van der Waals surface area (Å²) in [5, 5.41) is 2.69. The van der Waals surface area contributed by atoms with Gasteiger partial charge in [0.25, 0.3) is 11.8 Å². The number of carbonyl (C=O) groups excluding carboxylic acids is 2. The number of benzene rings is 1. The van der Waals surface area contributed by atoms with Crippen molar-refractivity contribution >= 4 is 56.8 Å². The summed E-state index contributed by atoms with van der Waals surface area (Å²) < 4.78 is 3.03. The molecule has 1 aliphatic heterocycles. The van der Waals surface area contributed by atoms with E-state index in [9.17, 15) is 9.59 Å². The van der Waals surface area contributed by atoms with E-state index in [4.69, 9.17) is 12.2 Å². The largest absolute Gasteiger partial charge is 0.349 e. The summed E-state index contributed by atoms with van der Waals surface area (Å²) in [6, 6.07) is 9.15.